The molecule has 1 aliphatic rings. The smallest absolute Gasteiger partial charge is 0.253 e. The number of carbonyl (C=O) groups is 1. The zero-order valence-corrected chi connectivity index (χ0v) is 15.5. The predicted octanol–water partition coefficient (Wildman–Crippen LogP) is 3.49. The van der Waals surface area contributed by atoms with Crippen molar-refractivity contribution in [3.05, 3.63) is 78.4 Å². The van der Waals surface area contributed by atoms with Gasteiger partial charge in [0.1, 0.15) is 12.4 Å². The Labute approximate surface area is 161 Å². The van der Waals surface area contributed by atoms with Crippen LogP contribution in [0, 0.1) is 5.92 Å². The lowest BCUT2D eigenvalue weighted by Gasteiger charge is -2.17. The summed E-state index contributed by atoms with van der Waals surface area (Å²) < 4.78 is 5.47. The lowest BCUT2D eigenvalue weighted by Crippen LogP contribution is -2.29. The van der Waals surface area contributed by atoms with Crippen LogP contribution in [0.1, 0.15) is 21.8 Å². The number of amides is 1. The lowest BCUT2D eigenvalue weighted by molar-refractivity contribution is 0.0786. The van der Waals surface area contributed by atoms with Crippen LogP contribution in [0.25, 0.3) is 0 Å². The van der Waals surface area contributed by atoms with Gasteiger partial charge in [0.15, 0.2) is 0 Å². The Balaban J connectivity index is 0.00000243. The van der Waals surface area contributed by atoms with Crippen molar-refractivity contribution in [3.63, 3.8) is 0 Å². The Kier molecular flexibility index (Phi) is 7.25. The molecule has 1 fully saturated rings. The van der Waals surface area contributed by atoms with E-state index in [1.807, 2.05) is 47.4 Å². The largest absolute Gasteiger partial charge is 0.490 e. The second kappa shape index (κ2) is 9.41. The predicted molar refractivity (Wildman–Crippen MR) is 107 cm³/mol. The highest BCUT2D eigenvalue weighted by Crippen LogP contribution is 2.32. The second-order valence-electron chi connectivity index (χ2n) is 6.35. The van der Waals surface area contributed by atoms with Crippen molar-refractivity contribution in [3.8, 4) is 5.75 Å². The van der Waals surface area contributed by atoms with Gasteiger partial charge in [-0.3, -0.25) is 4.79 Å². The minimum atomic E-state index is 0. The van der Waals surface area contributed by atoms with Gasteiger partial charge in [-0.25, -0.2) is 0 Å². The molecule has 3 rings (SSSR count). The highest BCUT2D eigenvalue weighted by Gasteiger charge is 2.35. The third-order valence-corrected chi connectivity index (χ3v) is 4.73. The summed E-state index contributed by atoms with van der Waals surface area (Å²) in [6, 6.07) is 17.6. The van der Waals surface area contributed by atoms with Gasteiger partial charge in [-0.1, -0.05) is 43.0 Å². The van der Waals surface area contributed by atoms with Gasteiger partial charge in [0.25, 0.3) is 5.91 Å². The fourth-order valence-corrected chi connectivity index (χ4v) is 3.39. The van der Waals surface area contributed by atoms with E-state index in [4.69, 9.17) is 10.5 Å². The van der Waals surface area contributed by atoms with E-state index >= 15 is 0 Å². The maximum absolute atomic E-state index is 12.8. The van der Waals surface area contributed by atoms with Crippen LogP contribution < -0.4 is 10.5 Å². The fraction of sp³-hybridized carbons (Fsp3) is 0.286. The molecule has 1 heterocycles. The third kappa shape index (κ3) is 4.45. The topological polar surface area (TPSA) is 55.6 Å². The fourth-order valence-electron chi connectivity index (χ4n) is 3.39. The molecule has 4 nitrogen and oxygen atoms in total. The summed E-state index contributed by atoms with van der Waals surface area (Å²) in [6.45, 7) is 6.07. The quantitative estimate of drug-likeness (QED) is 0.790. The van der Waals surface area contributed by atoms with Crippen molar-refractivity contribution in [1.29, 1.82) is 0 Å². The average molecular weight is 373 g/mol. The molecule has 26 heavy (non-hydrogen) atoms. The van der Waals surface area contributed by atoms with Crippen molar-refractivity contribution in [2.24, 2.45) is 11.7 Å². The maximum Gasteiger partial charge on any atom is 0.253 e. The van der Waals surface area contributed by atoms with Crippen molar-refractivity contribution < 1.29 is 9.53 Å². The molecule has 0 spiro atoms. The standard InChI is InChI=1S/C21H24N2O2.ClH/c1-2-12-25-19-10-8-17(9-11-19)21(24)23-14-18(13-22)20(15-23)16-6-4-3-5-7-16;/h2-11,18,20H,1,12-15,22H2;1H/t18-,20+;/m1./s1. The van der Waals surface area contributed by atoms with Gasteiger partial charge in [-0.15, -0.1) is 12.4 Å². The van der Waals surface area contributed by atoms with E-state index in [9.17, 15) is 4.79 Å². The van der Waals surface area contributed by atoms with E-state index < -0.39 is 0 Å². The SMILES string of the molecule is C=CCOc1ccc(C(=O)N2C[C@@H](CN)[C@H](c3ccccc3)C2)cc1.Cl. The van der Waals surface area contributed by atoms with Crippen molar-refractivity contribution >= 4 is 18.3 Å². The van der Waals surface area contributed by atoms with Crippen LogP contribution >= 0.6 is 12.4 Å². The highest BCUT2D eigenvalue weighted by molar-refractivity contribution is 5.94. The number of ether oxygens (including phenoxy) is 1. The van der Waals surface area contributed by atoms with Crippen LogP contribution in [-0.2, 0) is 0 Å². The Morgan fingerprint density at radius 2 is 1.85 bits per heavy atom. The summed E-state index contributed by atoms with van der Waals surface area (Å²) in [4.78, 5) is 14.8. The molecule has 2 N–H and O–H groups in total. The number of benzene rings is 2. The molecule has 5 heteroatoms. The highest BCUT2D eigenvalue weighted by atomic mass is 35.5. The van der Waals surface area contributed by atoms with E-state index in [0.29, 0.717) is 43.6 Å². The van der Waals surface area contributed by atoms with E-state index in [1.165, 1.54) is 5.56 Å². The number of halogens is 1. The van der Waals surface area contributed by atoms with Crippen LogP contribution in [0.15, 0.2) is 67.3 Å². The summed E-state index contributed by atoms with van der Waals surface area (Å²) in [5, 5.41) is 0. The van der Waals surface area contributed by atoms with Gasteiger partial charge in [0.05, 0.1) is 0 Å². The number of hydrogen-bond acceptors (Lipinski definition) is 3. The van der Waals surface area contributed by atoms with Gasteiger partial charge in [0.2, 0.25) is 0 Å². The van der Waals surface area contributed by atoms with E-state index in [1.54, 1.807) is 6.08 Å². The molecule has 0 saturated carbocycles. The summed E-state index contributed by atoms with van der Waals surface area (Å²) in [7, 11) is 0. The Morgan fingerprint density at radius 3 is 2.46 bits per heavy atom. The van der Waals surface area contributed by atoms with E-state index in [-0.39, 0.29) is 18.3 Å². The molecule has 1 saturated heterocycles. The first kappa shape index (κ1) is 20.0. The first-order chi connectivity index (χ1) is 12.2. The molecular formula is C21H25ClN2O2. The summed E-state index contributed by atoms with van der Waals surface area (Å²) >= 11 is 0. The van der Waals surface area contributed by atoms with Gasteiger partial charge < -0.3 is 15.4 Å². The Bertz CT molecular complexity index is 719. The molecule has 138 valence electrons. The van der Waals surface area contributed by atoms with Crippen LogP contribution in [-0.4, -0.2) is 37.0 Å². The van der Waals surface area contributed by atoms with Crippen molar-refractivity contribution in [1.82, 2.24) is 4.90 Å². The monoisotopic (exact) mass is 372 g/mol. The van der Waals surface area contributed by atoms with Gasteiger partial charge in [0, 0.05) is 24.6 Å². The van der Waals surface area contributed by atoms with Crippen LogP contribution in [0.3, 0.4) is 0 Å². The number of rotatable bonds is 6. The minimum Gasteiger partial charge on any atom is -0.490 e. The molecular weight excluding hydrogens is 348 g/mol. The lowest BCUT2D eigenvalue weighted by atomic mass is 9.89. The van der Waals surface area contributed by atoms with Crippen LogP contribution in [0.5, 0.6) is 5.75 Å². The Morgan fingerprint density at radius 1 is 1.15 bits per heavy atom. The van der Waals surface area contributed by atoms with E-state index in [0.717, 1.165) is 5.75 Å². The first-order valence-electron chi connectivity index (χ1n) is 8.61. The molecule has 0 aromatic heterocycles. The number of hydrogen-bond donors (Lipinski definition) is 1. The van der Waals surface area contributed by atoms with Crippen molar-refractivity contribution in [2.75, 3.05) is 26.2 Å². The number of nitrogens with zero attached hydrogens (tertiary/aromatic N) is 1. The normalized spacial score (nSPS) is 18.9. The van der Waals surface area contributed by atoms with Crippen molar-refractivity contribution in [2.45, 2.75) is 5.92 Å². The van der Waals surface area contributed by atoms with Crippen LogP contribution in [0.2, 0.25) is 0 Å². The van der Waals surface area contributed by atoms with Gasteiger partial charge in [-0.05, 0) is 42.3 Å². The summed E-state index contributed by atoms with van der Waals surface area (Å²) in [6.07, 6.45) is 1.69. The second-order valence-corrected chi connectivity index (χ2v) is 6.35. The zero-order chi connectivity index (χ0) is 17.6. The molecule has 1 amide bonds. The van der Waals surface area contributed by atoms with Gasteiger partial charge in [-0.2, -0.15) is 0 Å². The Hall–Kier alpha value is -2.30. The molecule has 0 unspecified atom stereocenters. The number of nitrogens with two attached hydrogens (primary N) is 1. The summed E-state index contributed by atoms with van der Waals surface area (Å²) in [5.41, 5.74) is 7.89. The summed E-state index contributed by atoms with van der Waals surface area (Å²) in [5.74, 6) is 1.37. The molecule has 0 radical (unpaired) electrons. The number of carbonyl (C=O) groups excluding carboxylic acids is 1. The molecule has 2 atom stereocenters. The number of likely N-dealkylation sites (tertiary alicyclic amines) is 1. The first-order valence-corrected chi connectivity index (χ1v) is 8.61. The van der Waals surface area contributed by atoms with Crippen LogP contribution in [0.4, 0.5) is 0 Å². The van der Waals surface area contributed by atoms with Gasteiger partial charge >= 0.3 is 0 Å². The average Bonchev–Trinajstić information content (AvgIpc) is 3.11. The maximum atomic E-state index is 12.8. The molecule has 0 bridgehead atoms. The van der Waals surface area contributed by atoms with E-state index in [2.05, 4.69) is 18.7 Å². The third-order valence-electron chi connectivity index (χ3n) is 4.73. The molecule has 2 aromatic rings. The molecule has 0 aliphatic carbocycles. The zero-order valence-electron chi connectivity index (χ0n) is 14.7. The molecule has 1 aliphatic heterocycles. The molecule has 2 aromatic carbocycles. The minimum absolute atomic E-state index is 0.